The van der Waals surface area contributed by atoms with E-state index in [4.69, 9.17) is 10.5 Å². The zero-order valence-electron chi connectivity index (χ0n) is 15.6. The largest absolute Gasteiger partial charge is 3.00 e. The van der Waals surface area contributed by atoms with E-state index < -0.39 is 21.8 Å². The quantitative estimate of drug-likeness (QED) is 0.176. The molecule has 178 valence electrons. The van der Waals surface area contributed by atoms with Crippen LogP contribution in [0.5, 0.6) is 0 Å². The smallest absolute Gasteiger partial charge is 0.418 e. The van der Waals surface area contributed by atoms with Gasteiger partial charge in [-0.15, -0.1) is 0 Å². The van der Waals surface area contributed by atoms with Crippen LogP contribution in [0.25, 0.3) is 0 Å². The first-order chi connectivity index (χ1) is 12.8. The minimum absolute atomic E-state index is 0. The minimum Gasteiger partial charge on any atom is -0.418 e. The van der Waals surface area contributed by atoms with Gasteiger partial charge in [0.1, 0.15) is 0 Å². The molecule has 0 aromatic carbocycles. The normalized spacial score (nSPS) is 11.9. The van der Waals surface area contributed by atoms with Crippen molar-refractivity contribution in [3.05, 3.63) is 24.3 Å². The molecule has 1 rings (SSSR count). The second-order valence-corrected chi connectivity index (χ2v) is 4.03. The zero-order chi connectivity index (χ0) is 24.6. The molecular weight excluding hydrogens is 535 g/mol. The van der Waals surface area contributed by atoms with Gasteiger partial charge >= 0.3 is 41.2 Å². The van der Waals surface area contributed by atoms with E-state index in [9.17, 15) is 51.8 Å². The van der Waals surface area contributed by atoms with Gasteiger partial charge < -0.3 is 51.8 Å². The van der Waals surface area contributed by atoms with Crippen molar-refractivity contribution in [1.29, 1.82) is 10.5 Å². The summed E-state index contributed by atoms with van der Waals surface area (Å²) in [6.45, 7) is 2.86. The van der Waals surface area contributed by atoms with Crippen molar-refractivity contribution in [2.45, 2.75) is 39.5 Å². The number of hydrogen-bond acceptors (Lipinski definition) is 2. The van der Waals surface area contributed by atoms with E-state index in [-0.39, 0.29) is 19.5 Å². The van der Waals surface area contributed by atoms with Crippen LogP contribution >= 0.6 is 0 Å². The number of halogens is 12. The molecule has 0 saturated heterocycles. The molecule has 0 unspecified atom stereocenters. The predicted octanol–water partition coefficient (Wildman–Crippen LogP) is 7.63. The molecule has 1 aliphatic carbocycles. The van der Waals surface area contributed by atoms with Crippen molar-refractivity contribution >= 4 is 21.8 Å². The number of allylic oxidation sites excluding steroid dienone is 4. The monoisotopic (exact) mass is 554 g/mol. The Labute approximate surface area is 180 Å². The van der Waals surface area contributed by atoms with Crippen LogP contribution in [-0.4, -0.2) is 21.8 Å². The van der Waals surface area contributed by atoms with E-state index in [0.29, 0.717) is 0 Å². The van der Waals surface area contributed by atoms with Crippen molar-refractivity contribution < 1.29 is 71.3 Å². The van der Waals surface area contributed by atoms with E-state index in [0.717, 1.165) is 0 Å². The maximum Gasteiger partial charge on any atom is 3.00 e. The van der Waals surface area contributed by atoms with Gasteiger partial charge in [-0.25, -0.2) is 0 Å². The Morgan fingerprint density at radius 2 is 0.567 bits per heavy atom. The Kier molecular flexibility index (Phi) is 38.9. The molecule has 0 N–H and O–H groups in total. The molecule has 1 aliphatic rings. The van der Waals surface area contributed by atoms with Gasteiger partial charge in [0.05, 0.1) is 12.1 Å². The summed E-state index contributed by atoms with van der Waals surface area (Å²) in [5, 5.41) is 14.6. The van der Waals surface area contributed by atoms with Gasteiger partial charge in [-0.2, -0.15) is 10.5 Å². The molecule has 0 heterocycles. The molecule has 0 bridgehead atoms. The maximum absolute atomic E-state index is 9.75. The minimum atomic E-state index is -6.00. The fourth-order valence-electron chi connectivity index (χ4n) is 0.856. The Balaban J connectivity index is -0.0000000595. The second-order valence-electron chi connectivity index (χ2n) is 4.03. The molecule has 0 spiro atoms. The third-order valence-corrected chi connectivity index (χ3v) is 1.33. The fourth-order valence-corrected chi connectivity index (χ4v) is 0.856. The molecule has 0 aromatic rings. The molecule has 0 amide bonds. The topological polar surface area (TPSA) is 47.6 Å². The predicted molar refractivity (Wildman–Crippen MR) is 89.9 cm³/mol. The van der Waals surface area contributed by atoms with E-state index >= 15 is 0 Å². The van der Waals surface area contributed by atoms with Crippen molar-refractivity contribution in [2.24, 2.45) is 0 Å². The second kappa shape index (κ2) is 27.4. The Morgan fingerprint density at radius 1 is 0.500 bits per heavy atom. The van der Waals surface area contributed by atoms with Crippen molar-refractivity contribution in [3.8, 4) is 12.1 Å². The van der Waals surface area contributed by atoms with Crippen LogP contribution in [0.1, 0.15) is 39.5 Å². The van der Waals surface area contributed by atoms with E-state index in [1.54, 1.807) is 12.1 Å². The van der Waals surface area contributed by atoms with Gasteiger partial charge in [-0.05, 0) is 25.7 Å². The summed E-state index contributed by atoms with van der Waals surface area (Å²) < 4.78 is 117. The maximum atomic E-state index is 9.75. The summed E-state index contributed by atoms with van der Waals surface area (Å²) in [5.74, 6) is 0. The van der Waals surface area contributed by atoms with Gasteiger partial charge in [-0.3, -0.25) is 0 Å². The SMILES string of the molecule is C1=CCCC=CCC1.CC#N.CC#N.F[B-](F)(F)F.F[B-](F)(F)F.F[B-](F)(F)F.[Rh+3]. The molecular formula is C12H18B3F12N2Rh. The molecule has 0 radical (unpaired) electrons. The number of nitrogens with zero attached hydrogens (tertiary/aromatic N) is 2. The summed E-state index contributed by atoms with van der Waals surface area (Å²) in [6, 6.07) is 3.50. The van der Waals surface area contributed by atoms with Gasteiger partial charge in [0.25, 0.3) is 0 Å². The van der Waals surface area contributed by atoms with E-state index in [2.05, 4.69) is 24.3 Å². The van der Waals surface area contributed by atoms with Crippen LogP contribution in [-0.2, 0) is 19.5 Å². The molecule has 0 saturated carbocycles. The average molecular weight is 554 g/mol. The van der Waals surface area contributed by atoms with E-state index in [1.165, 1.54) is 39.5 Å². The van der Waals surface area contributed by atoms with Crippen LogP contribution in [0, 0.1) is 22.7 Å². The summed E-state index contributed by atoms with van der Waals surface area (Å²) >= 11 is 0. The fraction of sp³-hybridized carbons (Fsp3) is 0.500. The van der Waals surface area contributed by atoms with Crippen molar-refractivity contribution in [2.75, 3.05) is 0 Å². The van der Waals surface area contributed by atoms with Crippen molar-refractivity contribution in [1.82, 2.24) is 0 Å². The Bertz CT molecular complexity index is 395. The van der Waals surface area contributed by atoms with E-state index in [1.807, 2.05) is 0 Å². The molecule has 0 fully saturated rings. The molecule has 2 nitrogen and oxygen atoms in total. The summed E-state index contributed by atoms with van der Waals surface area (Å²) in [7, 11) is -18.0. The van der Waals surface area contributed by atoms with Crippen LogP contribution < -0.4 is 0 Å². The third kappa shape index (κ3) is 413. The number of hydrogen-bond donors (Lipinski definition) is 0. The standard InChI is InChI=1S/C8H12.2C2H3N.3BF4.Rh/c1-2-4-6-8-7-5-3-1;2*1-2-3;3*2-1(3,4)5;/h1-2,7-8H,3-6H2;2*1H3;;;;/q;;;3*-1;+3. The van der Waals surface area contributed by atoms with Gasteiger partial charge in [0.2, 0.25) is 0 Å². The molecule has 18 heteroatoms. The molecule has 30 heavy (non-hydrogen) atoms. The molecule has 0 atom stereocenters. The zero-order valence-corrected chi connectivity index (χ0v) is 17.3. The summed E-state index contributed by atoms with van der Waals surface area (Å²) in [4.78, 5) is 0. The van der Waals surface area contributed by atoms with Crippen molar-refractivity contribution in [3.63, 3.8) is 0 Å². The Morgan fingerprint density at radius 3 is 0.633 bits per heavy atom. The number of rotatable bonds is 0. The Hall–Kier alpha value is -1.56. The summed E-state index contributed by atoms with van der Waals surface area (Å²) in [5.41, 5.74) is 0. The average Bonchev–Trinajstić information content (AvgIpc) is 2.32. The van der Waals surface area contributed by atoms with Crippen LogP contribution in [0.15, 0.2) is 24.3 Å². The first kappa shape index (κ1) is 42.5. The van der Waals surface area contributed by atoms with Gasteiger partial charge in [-0.1, -0.05) is 24.3 Å². The first-order valence-corrected chi connectivity index (χ1v) is 7.37. The summed E-state index contributed by atoms with van der Waals surface area (Å²) in [6.07, 6.45) is 14.0. The first-order valence-electron chi connectivity index (χ1n) is 7.37. The number of nitriles is 2. The van der Waals surface area contributed by atoms with Crippen LogP contribution in [0.3, 0.4) is 0 Å². The van der Waals surface area contributed by atoms with Gasteiger partial charge in [0, 0.05) is 13.8 Å². The molecule has 0 aromatic heterocycles. The van der Waals surface area contributed by atoms with Gasteiger partial charge in [0.15, 0.2) is 0 Å². The molecule has 0 aliphatic heterocycles. The van der Waals surface area contributed by atoms with Crippen LogP contribution in [0.4, 0.5) is 51.8 Å². The van der Waals surface area contributed by atoms with Crippen LogP contribution in [0.2, 0.25) is 0 Å². The third-order valence-electron chi connectivity index (χ3n) is 1.33.